The molecule has 0 amide bonds. The van der Waals surface area contributed by atoms with Crippen LogP contribution in [-0.4, -0.2) is 41.3 Å². The highest BCUT2D eigenvalue weighted by Crippen LogP contribution is 2.01. The van der Waals surface area contributed by atoms with Gasteiger partial charge in [-0.15, -0.1) is 5.10 Å². The smallest absolute Gasteiger partial charge is 0.0692 e. The monoisotopic (exact) mass is 226 g/mol. The summed E-state index contributed by atoms with van der Waals surface area (Å²) in [6.07, 6.45) is 4.64. The van der Waals surface area contributed by atoms with Crippen LogP contribution in [0.25, 0.3) is 0 Å². The molecule has 0 saturated carbocycles. The van der Waals surface area contributed by atoms with Crippen molar-refractivity contribution in [3.05, 3.63) is 12.4 Å². The Morgan fingerprint density at radius 1 is 1.44 bits per heavy atom. The summed E-state index contributed by atoms with van der Waals surface area (Å²) < 4.78 is 7.03. The van der Waals surface area contributed by atoms with Gasteiger partial charge in [0.15, 0.2) is 0 Å². The number of methoxy groups -OCH3 is 1. The van der Waals surface area contributed by atoms with E-state index >= 15 is 0 Å². The third-order valence-corrected chi connectivity index (χ3v) is 2.59. The molecule has 0 bridgehead atoms. The van der Waals surface area contributed by atoms with Gasteiger partial charge in [0.1, 0.15) is 0 Å². The summed E-state index contributed by atoms with van der Waals surface area (Å²) in [5, 5.41) is 11.2. The number of ether oxygens (including phenoxy) is 1. The molecule has 1 rings (SSSR count). The van der Waals surface area contributed by atoms with E-state index in [1.165, 1.54) is 0 Å². The first-order chi connectivity index (χ1) is 7.74. The summed E-state index contributed by atoms with van der Waals surface area (Å²) in [6, 6.07) is 0.431. The molecule has 0 aliphatic rings. The first-order valence-electron chi connectivity index (χ1n) is 5.80. The predicted octanol–water partition coefficient (Wildman–Crippen LogP) is 0.929. The molecule has 0 aromatic carbocycles. The Bertz CT molecular complexity index is 261. The summed E-state index contributed by atoms with van der Waals surface area (Å²) in [5.74, 6) is 0.589. The van der Waals surface area contributed by atoms with E-state index in [-0.39, 0.29) is 0 Å². The lowest BCUT2D eigenvalue weighted by Crippen LogP contribution is -2.38. The lowest BCUT2D eigenvalue weighted by molar-refractivity contribution is 0.147. The molecular weight excluding hydrogens is 204 g/mol. The van der Waals surface area contributed by atoms with Gasteiger partial charge in [0, 0.05) is 25.9 Å². The van der Waals surface area contributed by atoms with Gasteiger partial charge in [0.2, 0.25) is 0 Å². The molecule has 16 heavy (non-hydrogen) atoms. The van der Waals surface area contributed by atoms with E-state index in [0.717, 1.165) is 26.1 Å². The molecule has 1 heterocycles. The van der Waals surface area contributed by atoms with Crippen molar-refractivity contribution in [3.63, 3.8) is 0 Å². The Hall–Kier alpha value is -0.940. The quantitative estimate of drug-likeness (QED) is 0.670. The Morgan fingerprint density at radius 3 is 2.81 bits per heavy atom. The molecule has 1 atom stereocenters. The molecular formula is C11H22N4O. The molecule has 0 radical (unpaired) electrons. The summed E-state index contributed by atoms with van der Waals surface area (Å²) in [5.41, 5.74) is 0. The van der Waals surface area contributed by atoms with Crippen LogP contribution in [0.15, 0.2) is 12.4 Å². The molecule has 1 N–H and O–H groups in total. The minimum absolute atomic E-state index is 0.431. The van der Waals surface area contributed by atoms with Crippen molar-refractivity contribution in [2.24, 2.45) is 5.92 Å². The zero-order valence-electron chi connectivity index (χ0n) is 10.4. The van der Waals surface area contributed by atoms with Crippen molar-refractivity contribution in [3.8, 4) is 0 Å². The maximum absolute atomic E-state index is 5.18. The van der Waals surface area contributed by atoms with Gasteiger partial charge in [-0.05, 0) is 18.9 Å². The third-order valence-electron chi connectivity index (χ3n) is 2.59. The Morgan fingerprint density at radius 2 is 2.25 bits per heavy atom. The average molecular weight is 226 g/mol. The molecule has 0 spiro atoms. The van der Waals surface area contributed by atoms with Crippen molar-refractivity contribution < 1.29 is 4.74 Å². The zero-order valence-corrected chi connectivity index (χ0v) is 10.4. The van der Waals surface area contributed by atoms with Gasteiger partial charge in [-0.2, -0.15) is 0 Å². The number of hydrogen-bond donors (Lipinski definition) is 1. The van der Waals surface area contributed by atoms with E-state index in [1.807, 2.05) is 10.9 Å². The lowest BCUT2D eigenvalue weighted by Gasteiger charge is -2.21. The Balaban J connectivity index is 2.13. The van der Waals surface area contributed by atoms with E-state index in [1.54, 1.807) is 13.3 Å². The molecule has 0 aliphatic heterocycles. The molecule has 1 aromatic rings. The minimum atomic E-state index is 0.431. The zero-order chi connectivity index (χ0) is 11.8. The van der Waals surface area contributed by atoms with Crippen LogP contribution in [0, 0.1) is 5.92 Å². The van der Waals surface area contributed by atoms with Crippen molar-refractivity contribution >= 4 is 0 Å². The van der Waals surface area contributed by atoms with Crippen LogP contribution < -0.4 is 5.32 Å². The van der Waals surface area contributed by atoms with Crippen molar-refractivity contribution in [1.82, 2.24) is 20.3 Å². The van der Waals surface area contributed by atoms with Gasteiger partial charge >= 0.3 is 0 Å². The SMILES string of the molecule is COCC(NCCCn1ccnn1)C(C)C. The van der Waals surface area contributed by atoms with E-state index in [0.29, 0.717) is 12.0 Å². The molecule has 5 nitrogen and oxygen atoms in total. The maximum atomic E-state index is 5.18. The molecule has 0 saturated heterocycles. The van der Waals surface area contributed by atoms with E-state index < -0.39 is 0 Å². The number of hydrogen-bond acceptors (Lipinski definition) is 4. The summed E-state index contributed by atoms with van der Waals surface area (Å²) in [6.45, 7) is 7.06. The fourth-order valence-corrected chi connectivity index (χ4v) is 1.55. The molecule has 5 heteroatoms. The average Bonchev–Trinajstić information content (AvgIpc) is 2.75. The highest BCUT2D eigenvalue weighted by atomic mass is 16.5. The van der Waals surface area contributed by atoms with Crippen LogP contribution in [0.2, 0.25) is 0 Å². The van der Waals surface area contributed by atoms with Crippen LogP contribution in [0.3, 0.4) is 0 Å². The topological polar surface area (TPSA) is 52.0 Å². The number of aromatic nitrogens is 3. The van der Waals surface area contributed by atoms with Crippen molar-refractivity contribution in [1.29, 1.82) is 0 Å². The van der Waals surface area contributed by atoms with Gasteiger partial charge in [0.05, 0.1) is 12.8 Å². The molecule has 0 aliphatic carbocycles. The van der Waals surface area contributed by atoms with Gasteiger partial charge < -0.3 is 10.1 Å². The highest BCUT2D eigenvalue weighted by molar-refractivity contribution is 4.70. The molecule has 1 aromatic heterocycles. The molecule has 0 fully saturated rings. The Kier molecular flexibility index (Phi) is 6.03. The van der Waals surface area contributed by atoms with E-state index in [4.69, 9.17) is 4.74 Å². The second-order valence-corrected chi connectivity index (χ2v) is 4.28. The largest absolute Gasteiger partial charge is 0.383 e. The van der Waals surface area contributed by atoms with Crippen LogP contribution in [0.4, 0.5) is 0 Å². The van der Waals surface area contributed by atoms with Gasteiger partial charge in [0.25, 0.3) is 0 Å². The molecule has 1 unspecified atom stereocenters. The minimum Gasteiger partial charge on any atom is -0.383 e. The van der Waals surface area contributed by atoms with E-state index in [2.05, 4.69) is 29.5 Å². The maximum Gasteiger partial charge on any atom is 0.0692 e. The standard InChI is InChI=1S/C11H22N4O/c1-10(2)11(9-16-3)12-5-4-7-15-8-6-13-14-15/h6,8,10-12H,4-5,7,9H2,1-3H3. The second kappa shape index (κ2) is 7.35. The third kappa shape index (κ3) is 4.72. The number of aryl methyl sites for hydroxylation is 1. The number of nitrogens with zero attached hydrogens (tertiary/aromatic N) is 3. The fraction of sp³-hybridized carbons (Fsp3) is 0.818. The van der Waals surface area contributed by atoms with Crippen molar-refractivity contribution in [2.45, 2.75) is 32.9 Å². The van der Waals surface area contributed by atoms with Gasteiger partial charge in [-0.3, -0.25) is 4.68 Å². The highest BCUT2D eigenvalue weighted by Gasteiger charge is 2.11. The van der Waals surface area contributed by atoms with Crippen LogP contribution in [-0.2, 0) is 11.3 Å². The summed E-state index contributed by atoms with van der Waals surface area (Å²) >= 11 is 0. The summed E-state index contributed by atoms with van der Waals surface area (Å²) in [4.78, 5) is 0. The lowest BCUT2D eigenvalue weighted by atomic mass is 10.1. The number of nitrogens with one attached hydrogen (secondary N) is 1. The van der Waals surface area contributed by atoms with Crippen LogP contribution in [0.1, 0.15) is 20.3 Å². The predicted molar refractivity (Wildman–Crippen MR) is 63.1 cm³/mol. The Labute approximate surface area is 97.2 Å². The summed E-state index contributed by atoms with van der Waals surface area (Å²) in [7, 11) is 1.74. The molecule has 92 valence electrons. The van der Waals surface area contributed by atoms with E-state index in [9.17, 15) is 0 Å². The second-order valence-electron chi connectivity index (χ2n) is 4.28. The first kappa shape index (κ1) is 13.1. The normalized spacial score (nSPS) is 13.2. The van der Waals surface area contributed by atoms with Crippen LogP contribution >= 0.6 is 0 Å². The van der Waals surface area contributed by atoms with Gasteiger partial charge in [-0.25, -0.2) is 0 Å². The van der Waals surface area contributed by atoms with Crippen LogP contribution in [0.5, 0.6) is 0 Å². The van der Waals surface area contributed by atoms with Gasteiger partial charge in [-0.1, -0.05) is 19.1 Å². The first-order valence-corrected chi connectivity index (χ1v) is 5.80. The fourth-order valence-electron chi connectivity index (χ4n) is 1.55. The number of rotatable bonds is 8. The van der Waals surface area contributed by atoms with Crippen molar-refractivity contribution in [2.75, 3.05) is 20.3 Å².